The van der Waals surface area contributed by atoms with Gasteiger partial charge in [0, 0.05) is 30.6 Å². The van der Waals surface area contributed by atoms with E-state index < -0.39 is 0 Å². The van der Waals surface area contributed by atoms with Crippen LogP contribution in [0.5, 0.6) is 0 Å². The van der Waals surface area contributed by atoms with Crippen LogP contribution in [0.4, 0.5) is 5.69 Å². The van der Waals surface area contributed by atoms with Gasteiger partial charge in [-0.15, -0.1) is 0 Å². The number of hydrogen-bond acceptors (Lipinski definition) is 3. The number of pyridine rings is 1. The van der Waals surface area contributed by atoms with Gasteiger partial charge in [0.05, 0.1) is 18.3 Å². The fourth-order valence-corrected chi connectivity index (χ4v) is 3.94. The molecule has 1 saturated heterocycles. The van der Waals surface area contributed by atoms with E-state index in [0.717, 1.165) is 30.6 Å². The number of carbonyl (C=O) groups excluding carboxylic acids is 2. The van der Waals surface area contributed by atoms with E-state index in [1.54, 1.807) is 18.5 Å². The number of aryl methyl sites for hydroxylation is 1. The van der Waals surface area contributed by atoms with Gasteiger partial charge in [-0.1, -0.05) is 29.8 Å². The summed E-state index contributed by atoms with van der Waals surface area (Å²) in [7, 11) is 0. The van der Waals surface area contributed by atoms with E-state index in [-0.39, 0.29) is 23.1 Å². The lowest BCUT2D eigenvalue weighted by atomic mass is 10.0. The Bertz CT molecular complexity index is 819. The number of aromatic nitrogens is 1. The molecule has 1 aliphatic carbocycles. The molecule has 2 aromatic rings. The Hall–Kier alpha value is -2.69. The molecule has 2 atom stereocenters. The number of benzene rings is 1. The van der Waals surface area contributed by atoms with Gasteiger partial charge < -0.3 is 10.2 Å². The fraction of sp³-hybridized carbons (Fsp3) is 0.381. The monoisotopic (exact) mass is 349 g/mol. The van der Waals surface area contributed by atoms with Crippen molar-refractivity contribution in [3.8, 4) is 0 Å². The van der Waals surface area contributed by atoms with E-state index in [4.69, 9.17) is 0 Å². The van der Waals surface area contributed by atoms with Crippen LogP contribution in [0.15, 0.2) is 48.8 Å². The van der Waals surface area contributed by atoms with Crippen LogP contribution < -0.4 is 5.32 Å². The van der Waals surface area contributed by atoms with E-state index >= 15 is 0 Å². The Morgan fingerprint density at radius 3 is 2.81 bits per heavy atom. The fourth-order valence-electron chi connectivity index (χ4n) is 3.94. The van der Waals surface area contributed by atoms with Gasteiger partial charge >= 0.3 is 0 Å². The van der Waals surface area contributed by atoms with Crippen molar-refractivity contribution in [3.63, 3.8) is 0 Å². The van der Waals surface area contributed by atoms with E-state index in [9.17, 15) is 9.59 Å². The van der Waals surface area contributed by atoms with Crippen LogP contribution in [0.25, 0.3) is 0 Å². The molecule has 1 saturated carbocycles. The summed E-state index contributed by atoms with van der Waals surface area (Å²) in [6, 6.07) is 11.7. The standard InChI is InChI=1S/C21H23N3O2/c1-15-4-6-16(7-5-15)11-19(25)24-10-8-21(14-24)12-18(21)20(26)23-17-3-2-9-22-13-17/h2-7,9,13,18H,8,10-12,14H2,1H3,(H,23,26)/t18-,21-/m0/s1. The van der Waals surface area contributed by atoms with Crippen molar-refractivity contribution in [3.05, 3.63) is 59.9 Å². The highest BCUT2D eigenvalue weighted by Gasteiger charge is 2.61. The van der Waals surface area contributed by atoms with E-state index in [1.807, 2.05) is 42.2 Å². The Morgan fingerprint density at radius 2 is 2.08 bits per heavy atom. The number of anilines is 1. The smallest absolute Gasteiger partial charge is 0.228 e. The molecule has 134 valence electrons. The molecular weight excluding hydrogens is 326 g/mol. The van der Waals surface area contributed by atoms with Gasteiger partial charge in [0.1, 0.15) is 0 Å². The lowest BCUT2D eigenvalue weighted by Crippen LogP contribution is -2.31. The summed E-state index contributed by atoms with van der Waals surface area (Å²) in [5, 5.41) is 2.94. The highest BCUT2D eigenvalue weighted by atomic mass is 16.2. The Labute approximate surface area is 153 Å². The van der Waals surface area contributed by atoms with E-state index in [2.05, 4.69) is 10.3 Å². The second kappa shape index (κ2) is 6.56. The Morgan fingerprint density at radius 1 is 1.27 bits per heavy atom. The molecule has 2 amide bonds. The number of carbonyl (C=O) groups is 2. The summed E-state index contributed by atoms with van der Waals surface area (Å²) in [5.74, 6) is 0.203. The molecule has 26 heavy (non-hydrogen) atoms. The minimum atomic E-state index is -0.0186. The molecule has 4 rings (SSSR count). The van der Waals surface area contributed by atoms with Crippen LogP contribution in [0.2, 0.25) is 0 Å². The van der Waals surface area contributed by atoms with Crippen LogP contribution in [-0.4, -0.2) is 34.8 Å². The normalized spacial score (nSPS) is 23.9. The van der Waals surface area contributed by atoms with Crippen molar-refractivity contribution in [2.45, 2.75) is 26.2 Å². The average Bonchev–Trinajstić information content (AvgIpc) is 3.18. The molecular formula is C21H23N3O2. The van der Waals surface area contributed by atoms with Gasteiger partial charge in [-0.25, -0.2) is 0 Å². The lowest BCUT2D eigenvalue weighted by Gasteiger charge is -2.17. The number of amides is 2. The van der Waals surface area contributed by atoms with E-state index in [1.165, 1.54) is 5.56 Å². The van der Waals surface area contributed by atoms with Crippen molar-refractivity contribution >= 4 is 17.5 Å². The molecule has 1 aromatic heterocycles. The van der Waals surface area contributed by atoms with Crippen LogP contribution in [0.3, 0.4) is 0 Å². The number of hydrogen-bond donors (Lipinski definition) is 1. The largest absolute Gasteiger partial charge is 0.342 e. The summed E-state index contributed by atoms with van der Waals surface area (Å²) >= 11 is 0. The van der Waals surface area contributed by atoms with Crippen molar-refractivity contribution in [1.82, 2.24) is 9.88 Å². The SMILES string of the molecule is Cc1ccc(CC(=O)N2CC[C@]3(C[C@H]3C(=O)Nc3cccnc3)C2)cc1. The van der Waals surface area contributed by atoms with E-state index in [0.29, 0.717) is 13.0 Å². The number of nitrogens with zero attached hydrogens (tertiary/aromatic N) is 2. The summed E-state index contributed by atoms with van der Waals surface area (Å²) in [6.07, 6.45) is 5.55. The van der Waals surface area contributed by atoms with Crippen molar-refractivity contribution in [2.24, 2.45) is 11.3 Å². The van der Waals surface area contributed by atoms with Crippen molar-refractivity contribution < 1.29 is 9.59 Å². The number of likely N-dealkylation sites (tertiary alicyclic amines) is 1. The molecule has 2 fully saturated rings. The summed E-state index contributed by atoms with van der Waals surface area (Å²) in [4.78, 5) is 31.0. The second-order valence-corrected chi connectivity index (χ2v) is 7.58. The number of rotatable bonds is 4. The maximum Gasteiger partial charge on any atom is 0.228 e. The van der Waals surface area contributed by atoms with Gasteiger partial charge in [0.15, 0.2) is 0 Å². The van der Waals surface area contributed by atoms with Gasteiger partial charge in [-0.2, -0.15) is 0 Å². The molecule has 1 aromatic carbocycles. The zero-order valence-electron chi connectivity index (χ0n) is 14.9. The predicted molar refractivity (Wildman–Crippen MR) is 99.5 cm³/mol. The van der Waals surface area contributed by atoms with Crippen molar-refractivity contribution in [1.29, 1.82) is 0 Å². The number of nitrogens with one attached hydrogen (secondary N) is 1. The molecule has 2 aliphatic rings. The minimum Gasteiger partial charge on any atom is -0.342 e. The average molecular weight is 349 g/mol. The summed E-state index contributed by atoms with van der Waals surface area (Å²) < 4.78 is 0. The highest BCUT2D eigenvalue weighted by molar-refractivity contribution is 5.95. The van der Waals surface area contributed by atoms with Gasteiger partial charge in [0.25, 0.3) is 0 Å². The zero-order valence-corrected chi connectivity index (χ0v) is 14.9. The molecule has 1 spiro atoms. The zero-order chi connectivity index (χ0) is 18.1. The van der Waals surface area contributed by atoms with Gasteiger partial charge in [-0.3, -0.25) is 14.6 Å². The summed E-state index contributed by atoms with van der Waals surface area (Å²) in [5.41, 5.74) is 2.95. The van der Waals surface area contributed by atoms with Crippen molar-refractivity contribution in [2.75, 3.05) is 18.4 Å². The Kier molecular flexibility index (Phi) is 4.23. The highest BCUT2D eigenvalue weighted by Crippen LogP contribution is 2.58. The lowest BCUT2D eigenvalue weighted by molar-refractivity contribution is -0.129. The quantitative estimate of drug-likeness (QED) is 0.923. The minimum absolute atomic E-state index is 0.000110. The molecule has 5 nitrogen and oxygen atoms in total. The molecule has 0 unspecified atom stereocenters. The molecule has 2 heterocycles. The first kappa shape index (κ1) is 16.8. The molecule has 0 bridgehead atoms. The summed E-state index contributed by atoms with van der Waals surface area (Å²) in [6.45, 7) is 3.49. The van der Waals surface area contributed by atoms with Gasteiger partial charge in [0.2, 0.25) is 11.8 Å². The first-order valence-corrected chi connectivity index (χ1v) is 9.10. The topological polar surface area (TPSA) is 62.3 Å². The maximum atomic E-state index is 12.6. The van der Waals surface area contributed by atoms with Crippen LogP contribution in [0.1, 0.15) is 24.0 Å². The molecule has 1 N–H and O–H groups in total. The second-order valence-electron chi connectivity index (χ2n) is 7.58. The third-order valence-corrected chi connectivity index (χ3v) is 5.65. The Balaban J connectivity index is 1.33. The van der Waals surface area contributed by atoms with Gasteiger partial charge in [-0.05, 0) is 37.5 Å². The third-order valence-electron chi connectivity index (χ3n) is 5.65. The molecule has 0 radical (unpaired) electrons. The third kappa shape index (κ3) is 3.34. The van der Waals surface area contributed by atoms with Crippen LogP contribution in [-0.2, 0) is 16.0 Å². The first-order valence-electron chi connectivity index (χ1n) is 9.10. The predicted octanol–water partition coefficient (Wildman–Crippen LogP) is 2.81. The molecule has 1 aliphatic heterocycles. The van der Waals surface area contributed by atoms with Crippen LogP contribution in [0, 0.1) is 18.3 Å². The molecule has 5 heteroatoms. The first-order chi connectivity index (χ1) is 12.6. The maximum absolute atomic E-state index is 12.6. The van der Waals surface area contributed by atoms with Crippen LogP contribution >= 0.6 is 0 Å².